The van der Waals surface area contributed by atoms with E-state index in [9.17, 15) is 9.18 Å². The Kier molecular flexibility index (Phi) is 6.50. The van der Waals surface area contributed by atoms with Crippen molar-refractivity contribution in [3.63, 3.8) is 0 Å². The molecule has 1 aromatic heterocycles. The summed E-state index contributed by atoms with van der Waals surface area (Å²) in [7, 11) is 0. The zero-order valence-electron chi connectivity index (χ0n) is 16.9. The third-order valence-corrected chi connectivity index (χ3v) is 5.39. The summed E-state index contributed by atoms with van der Waals surface area (Å²) in [5.41, 5.74) is 1.79. The number of hydrogen-bond acceptors (Lipinski definition) is 4. The molecule has 0 radical (unpaired) electrons. The van der Waals surface area contributed by atoms with Gasteiger partial charge >= 0.3 is 0 Å². The van der Waals surface area contributed by atoms with Gasteiger partial charge in [-0.25, -0.2) is 4.39 Å². The molecule has 0 aliphatic carbocycles. The van der Waals surface area contributed by atoms with Crippen molar-refractivity contribution in [1.82, 2.24) is 15.8 Å². The van der Waals surface area contributed by atoms with Crippen molar-refractivity contribution < 1.29 is 13.7 Å². The van der Waals surface area contributed by atoms with Gasteiger partial charge in [0.15, 0.2) is 0 Å². The van der Waals surface area contributed by atoms with Crippen LogP contribution in [-0.4, -0.2) is 24.2 Å². The molecule has 0 saturated carbocycles. The van der Waals surface area contributed by atoms with E-state index in [1.807, 2.05) is 6.07 Å². The summed E-state index contributed by atoms with van der Waals surface area (Å²) >= 11 is 0. The highest BCUT2D eigenvalue weighted by molar-refractivity contribution is 5.76. The molecule has 1 amide bonds. The number of carbonyl (C=O) groups excluding carboxylic acids is 1. The molecule has 0 unspecified atom stereocenters. The predicted molar refractivity (Wildman–Crippen MR) is 106 cm³/mol. The lowest BCUT2D eigenvalue weighted by Gasteiger charge is -2.31. The summed E-state index contributed by atoms with van der Waals surface area (Å²) in [4.78, 5) is 12.4. The van der Waals surface area contributed by atoms with Gasteiger partial charge in [0.05, 0.1) is 5.69 Å². The van der Waals surface area contributed by atoms with Crippen LogP contribution in [-0.2, 0) is 23.2 Å². The van der Waals surface area contributed by atoms with Gasteiger partial charge in [0, 0.05) is 24.4 Å². The van der Waals surface area contributed by atoms with Crippen molar-refractivity contribution in [2.45, 2.75) is 52.0 Å². The lowest BCUT2D eigenvalue weighted by Crippen LogP contribution is -2.40. The van der Waals surface area contributed by atoms with Crippen LogP contribution in [0, 0.1) is 17.7 Å². The second-order valence-electron chi connectivity index (χ2n) is 8.76. The summed E-state index contributed by atoms with van der Waals surface area (Å²) in [6.07, 6.45) is 2.28. The minimum absolute atomic E-state index is 0.0387. The fraction of sp³-hybridized carbons (Fsp3) is 0.545. The van der Waals surface area contributed by atoms with E-state index >= 15 is 0 Å². The van der Waals surface area contributed by atoms with E-state index in [1.54, 1.807) is 12.1 Å². The van der Waals surface area contributed by atoms with E-state index in [1.165, 1.54) is 12.1 Å². The van der Waals surface area contributed by atoms with Gasteiger partial charge in [-0.05, 0) is 55.5 Å². The number of nitrogens with zero attached hydrogens (tertiary/aromatic N) is 1. The average molecular weight is 387 g/mol. The molecular formula is C22H30FN3O2. The highest BCUT2D eigenvalue weighted by Crippen LogP contribution is 2.28. The molecule has 1 aliphatic heterocycles. The Morgan fingerprint density at radius 3 is 2.71 bits per heavy atom. The summed E-state index contributed by atoms with van der Waals surface area (Å²) < 4.78 is 18.5. The Labute approximate surface area is 166 Å². The third kappa shape index (κ3) is 5.64. The van der Waals surface area contributed by atoms with Gasteiger partial charge < -0.3 is 15.2 Å². The van der Waals surface area contributed by atoms with Crippen LogP contribution in [0.2, 0.25) is 0 Å². The molecule has 1 aromatic carbocycles. The molecule has 3 rings (SSSR count). The molecule has 6 heteroatoms. The predicted octanol–water partition coefficient (Wildman–Crippen LogP) is 3.59. The standard InChI is InChI=1S/C22H30FN3O2/c1-22(2,3)20-12-19(26-28-20)10-17-14-24-9-8-16(17)11-21(27)25-13-15-4-6-18(23)7-5-15/h4-7,12,16-17,24H,8-11,13-14H2,1-3H3,(H,25,27)/t16-,17-/m0/s1. The SMILES string of the molecule is CC(C)(C)c1cc(C[C@H]2CNCC[C@H]2CC(=O)NCc2ccc(F)cc2)no1. The largest absolute Gasteiger partial charge is 0.361 e. The van der Waals surface area contributed by atoms with Crippen LogP contribution in [0.3, 0.4) is 0 Å². The second-order valence-corrected chi connectivity index (χ2v) is 8.76. The smallest absolute Gasteiger partial charge is 0.220 e. The van der Waals surface area contributed by atoms with Crippen molar-refractivity contribution in [1.29, 1.82) is 0 Å². The maximum Gasteiger partial charge on any atom is 0.220 e. The van der Waals surface area contributed by atoms with Crippen molar-refractivity contribution in [2.75, 3.05) is 13.1 Å². The average Bonchev–Trinajstić information content (AvgIpc) is 3.12. The Hall–Kier alpha value is -2.21. The maximum atomic E-state index is 13.0. The van der Waals surface area contributed by atoms with E-state index in [4.69, 9.17) is 4.52 Å². The van der Waals surface area contributed by atoms with Crippen LogP contribution in [0.5, 0.6) is 0 Å². The molecule has 2 N–H and O–H groups in total. The first-order valence-electron chi connectivity index (χ1n) is 9.99. The molecule has 1 saturated heterocycles. The Bertz CT molecular complexity index is 780. The highest BCUT2D eigenvalue weighted by atomic mass is 19.1. The minimum Gasteiger partial charge on any atom is -0.361 e. The lowest BCUT2D eigenvalue weighted by molar-refractivity contribution is -0.122. The van der Waals surface area contributed by atoms with Crippen molar-refractivity contribution in [3.8, 4) is 0 Å². The van der Waals surface area contributed by atoms with E-state index in [-0.39, 0.29) is 17.1 Å². The number of aromatic nitrogens is 1. The summed E-state index contributed by atoms with van der Waals surface area (Å²) in [5.74, 6) is 1.32. The van der Waals surface area contributed by atoms with Gasteiger partial charge in [0.25, 0.3) is 0 Å². The van der Waals surface area contributed by atoms with E-state index in [2.05, 4.69) is 36.6 Å². The number of nitrogens with one attached hydrogen (secondary N) is 2. The summed E-state index contributed by atoms with van der Waals surface area (Å²) in [6, 6.07) is 8.25. The normalized spacial score (nSPS) is 20.1. The molecular weight excluding hydrogens is 357 g/mol. The molecule has 28 heavy (non-hydrogen) atoms. The zero-order valence-corrected chi connectivity index (χ0v) is 16.9. The maximum absolute atomic E-state index is 13.0. The van der Waals surface area contributed by atoms with Gasteiger partial charge in [0.2, 0.25) is 5.91 Å². The summed E-state index contributed by atoms with van der Waals surface area (Å²) in [6.45, 7) is 8.55. The van der Waals surface area contributed by atoms with Crippen LogP contribution in [0.15, 0.2) is 34.9 Å². The molecule has 1 aliphatic rings. The number of halogens is 1. The fourth-order valence-electron chi connectivity index (χ4n) is 3.63. The van der Waals surface area contributed by atoms with Gasteiger partial charge in [-0.2, -0.15) is 0 Å². The molecule has 152 valence electrons. The van der Waals surface area contributed by atoms with Crippen LogP contribution in [0.25, 0.3) is 0 Å². The van der Waals surface area contributed by atoms with Crippen molar-refractivity contribution in [2.24, 2.45) is 11.8 Å². The lowest BCUT2D eigenvalue weighted by atomic mass is 9.81. The molecule has 2 aromatic rings. The van der Waals surface area contributed by atoms with Gasteiger partial charge in [0.1, 0.15) is 11.6 Å². The van der Waals surface area contributed by atoms with Crippen LogP contribution < -0.4 is 10.6 Å². The number of rotatable bonds is 6. The number of benzene rings is 1. The Morgan fingerprint density at radius 1 is 1.29 bits per heavy atom. The highest BCUT2D eigenvalue weighted by Gasteiger charge is 2.29. The quantitative estimate of drug-likeness (QED) is 0.795. The molecule has 0 spiro atoms. The first-order valence-corrected chi connectivity index (χ1v) is 9.99. The van der Waals surface area contributed by atoms with Gasteiger partial charge in [-0.1, -0.05) is 38.1 Å². The van der Waals surface area contributed by atoms with Gasteiger partial charge in [-0.15, -0.1) is 0 Å². The fourth-order valence-corrected chi connectivity index (χ4v) is 3.63. The van der Waals surface area contributed by atoms with Crippen LogP contribution in [0.4, 0.5) is 4.39 Å². The number of hydrogen-bond donors (Lipinski definition) is 2. The monoisotopic (exact) mass is 387 g/mol. The molecule has 5 nitrogen and oxygen atoms in total. The first-order chi connectivity index (χ1) is 13.3. The molecule has 0 bridgehead atoms. The van der Waals surface area contributed by atoms with Crippen LogP contribution in [0.1, 0.15) is 50.6 Å². The molecule has 2 heterocycles. The Balaban J connectivity index is 1.54. The van der Waals surface area contributed by atoms with Gasteiger partial charge in [-0.3, -0.25) is 4.79 Å². The number of amides is 1. The van der Waals surface area contributed by atoms with E-state index in [0.29, 0.717) is 24.8 Å². The van der Waals surface area contributed by atoms with Crippen LogP contribution >= 0.6 is 0 Å². The first kappa shape index (κ1) is 20.5. The second kappa shape index (κ2) is 8.86. The Morgan fingerprint density at radius 2 is 2.04 bits per heavy atom. The third-order valence-electron chi connectivity index (χ3n) is 5.39. The molecule has 1 fully saturated rings. The van der Waals surface area contributed by atoms with Crippen molar-refractivity contribution >= 4 is 5.91 Å². The van der Waals surface area contributed by atoms with E-state index in [0.717, 1.165) is 42.9 Å². The topological polar surface area (TPSA) is 67.2 Å². The van der Waals surface area contributed by atoms with E-state index < -0.39 is 0 Å². The molecule has 2 atom stereocenters. The number of piperidine rings is 1. The summed E-state index contributed by atoms with van der Waals surface area (Å²) in [5, 5.41) is 10.6. The number of carbonyl (C=O) groups is 1. The minimum atomic E-state index is -0.268. The zero-order chi connectivity index (χ0) is 20.1. The van der Waals surface area contributed by atoms with Crippen molar-refractivity contribution in [3.05, 3.63) is 53.2 Å².